The monoisotopic (exact) mass is 268 g/mol. The van der Waals surface area contributed by atoms with Gasteiger partial charge in [0, 0.05) is 11.9 Å². The van der Waals surface area contributed by atoms with E-state index in [0.29, 0.717) is 24.3 Å². The summed E-state index contributed by atoms with van der Waals surface area (Å²) in [5, 5.41) is 10.5. The van der Waals surface area contributed by atoms with Gasteiger partial charge in [-0.15, -0.1) is 11.3 Å². The van der Waals surface area contributed by atoms with Gasteiger partial charge < -0.3 is 15.7 Å². The van der Waals surface area contributed by atoms with E-state index in [-0.39, 0.29) is 11.5 Å². The summed E-state index contributed by atoms with van der Waals surface area (Å²) in [6.45, 7) is 0.430. The van der Waals surface area contributed by atoms with Gasteiger partial charge in [-0.3, -0.25) is 9.59 Å². The highest BCUT2D eigenvalue weighted by Crippen LogP contribution is 2.23. The van der Waals surface area contributed by atoms with Crippen molar-refractivity contribution in [2.24, 2.45) is 5.73 Å². The fourth-order valence-electron chi connectivity index (χ4n) is 1.99. The molecule has 0 bridgehead atoms. The van der Waals surface area contributed by atoms with Gasteiger partial charge in [-0.25, -0.2) is 4.79 Å². The van der Waals surface area contributed by atoms with E-state index in [1.54, 1.807) is 0 Å². The van der Waals surface area contributed by atoms with Crippen LogP contribution < -0.4 is 5.73 Å². The summed E-state index contributed by atoms with van der Waals surface area (Å²) < 4.78 is 0. The van der Waals surface area contributed by atoms with Crippen molar-refractivity contribution >= 4 is 29.1 Å². The number of carboxylic acids is 1. The zero-order valence-corrected chi connectivity index (χ0v) is 10.3. The highest BCUT2D eigenvalue weighted by Gasteiger charge is 2.34. The molecule has 1 aliphatic rings. The predicted octanol–water partition coefficient (Wildman–Crippen LogP) is 0.536. The molecule has 0 spiro atoms. The van der Waals surface area contributed by atoms with Crippen LogP contribution in [-0.2, 0) is 4.79 Å². The molecule has 3 N–H and O–H groups in total. The first-order valence-corrected chi connectivity index (χ1v) is 6.31. The third-order valence-electron chi connectivity index (χ3n) is 2.89. The number of amides is 2. The standard InChI is InChI=1S/C11H12N2O4S/c12-9(14)6-4-8(18-5-6)10(15)13-3-1-2-7(13)11(16)17/h4-5,7H,1-3H2,(H2,12,14)(H,16,17)/t7-/m0/s1. The summed E-state index contributed by atoms with van der Waals surface area (Å²) in [6.07, 6.45) is 1.14. The van der Waals surface area contributed by atoms with E-state index in [4.69, 9.17) is 10.8 Å². The van der Waals surface area contributed by atoms with Crippen LogP contribution in [0, 0.1) is 0 Å². The Morgan fingerprint density at radius 2 is 2.17 bits per heavy atom. The lowest BCUT2D eigenvalue weighted by Crippen LogP contribution is -2.40. The smallest absolute Gasteiger partial charge is 0.326 e. The van der Waals surface area contributed by atoms with E-state index in [0.717, 1.165) is 11.3 Å². The number of thiophene rings is 1. The SMILES string of the molecule is NC(=O)c1csc(C(=O)N2CCC[C@H]2C(=O)O)c1. The van der Waals surface area contributed by atoms with Crippen LogP contribution in [0.15, 0.2) is 11.4 Å². The van der Waals surface area contributed by atoms with Gasteiger partial charge in [-0.05, 0) is 18.9 Å². The van der Waals surface area contributed by atoms with Gasteiger partial charge in [-0.1, -0.05) is 0 Å². The molecule has 0 radical (unpaired) electrons. The van der Waals surface area contributed by atoms with E-state index in [9.17, 15) is 14.4 Å². The Balaban J connectivity index is 2.20. The third kappa shape index (κ3) is 2.21. The second kappa shape index (κ2) is 4.77. The van der Waals surface area contributed by atoms with Gasteiger partial charge in [0.05, 0.1) is 10.4 Å². The summed E-state index contributed by atoms with van der Waals surface area (Å²) in [7, 11) is 0. The van der Waals surface area contributed by atoms with E-state index in [1.807, 2.05) is 0 Å². The minimum absolute atomic E-state index is 0.273. The fourth-order valence-corrected chi connectivity index (χ4v) is 2.84. The molecule has 18 heavy (non-hydrogen) atoms. The van der Waals surface area contributed by atoms with Crippen molar-refractivity contribution < 1.29 is 19.5 Å². The second-order valence-electron chi connectivity index (χ2n) is 4.06. The van der Waals surface area contributed by atoms with Crippen molar-refractivity contribution in [2.75, 3.05) is 6.54 Å². The van der Waals surface area contributed by atoms with Gasteiger partial charge >= 0.3 is 5.97 Å². The number of carbonyl (C=O) groups is 3. The molecule has 1 aliphatic heterocycles. The lowest BCUT2D eigenvalue weighted by Gasteiger charge is -2.20. The molecule has 1 saturated heterocycles. The molecular formula is C11H12N2O4S. The molecule has 0 aromatic carbocycles. The lowest BCUT2D eigenvalue weighted by molar-refractivity contribution is -0.141. The van der Waals surface area contributed by atoms with Crippen LogP contribution in [0.5, 0.6) is 0 Å². The molecule has 1 aromatic rings. The maximum absolute atomic E-state index is 12.1. The molecule has 0 aliphatic carbocycles. The van der Waals surface area contributed by atoms with Crippen molar-refractivity contribution in [1.29, 1.82) is 0 Å². The van der Waals surface area contributed by atoms with Crippen molar-refractivity contribution in [3.05, 3.63) is 21.9 Å². The van der Waals surface area contributed by atoms with Crippen LogP contribution >= 0.6 is 11.3 Å². The van der Waals surface area contributed by atoms with Gasteiger partial charge in [0.25, 0.3) is 5.91 Å². The molecule has 2 heterocycles. The number of carboxylic acid groups (broad SMARTS) is 1. The quantitative estimate of drug-likeness (QED) is 0.835. The topological polar surface area (TPSA) is 101 Å². The Morgan fingerprint density at radius 3 is 2.72 bits per heavy atom. The number of nitrogens with zero attached hydrogens (tertiary/aromatic N) is 1. The van der Waals surface area contributed by atoms with Crippen LogP contribution in [0.2, 0.25) is 0 Å². The largest absolute Gasteiger partial charge is 0.480 e. The predicted molar refractivity (Wildman–Crippen MR) is 64.5 cm³/mol. The van der Waals surface area contributed by atoms with E-state index in [1.165, 1.54) is 16.3 Å². The number of rotatable bonds is 3. The van der Waals surface area contributed by atoms with Crippen molar-refractivity contribution in [3.8, 4) is 0 Å². The Kier molecular flexibility index (Phi) is 3.33. The second-order valence-corrected chi connectivity index (χ2v) is 4.97. The minimum Gasteiger partial charge on any atom is -0.480 e. The lowest BCUT2D eigenvalue weighted by atomic mass is 10.2. The number of hydrogen-bond donors (Lipinski definition) is 2. The van der Waals surface area contributed by atoms with Gasteiger partial charge in [-0.2, -0.15) is 0 Å². The van der Waals surface area contributed by atoms with Crippen LogP contribution in [0.4, 0.5) is 0 Å². The van der Waals surface area contributed by atoms with Crippen molar-refractivity contribution in [2.45, 2.75) is 18.9 Å². The third-order valence-corrected chi connectivity index (χ3v) is 3.81. The molecule has 6 nitrogen and oxygen atoms in total. The molecular weight excluding hydrogens is 256 g/mol. The summed E-state index contributed by atoms with van der Waals surface area (Å²) in [5.41, 5.74) is 5.38. The number of aliphatic carboxylic acids is 1. The molecule has 0 unspecified atom stereocenters. The summed E-state index contributed by atoms with van der Waals surface area (Å²) in [4.78, 5) is 35.7. The molecule has 0 saturated carbocycles. The molecule has 2 amide bonds. The van der Waals surface area contributed by atoms with Gasteiger partial charge in [0.1, 0.15) is 6.04 Å². The van der Waals surface area contributed by atoms with E-state index >= 15 is 0 Å². The van der Waals surface area contributed by atoms with Gasteiger partial charge in [0.2, 0.25) is 5.91 Å². The molecule has 1 atom stereocenters. The number of hydrogen-bond acceptors (Lipinski definition) is 4. The highest BCUT2D eigenvalue weighted by atomic mass is 32.1. The average Bonchev–Trinajstić information content (AvgIpc) is 2.97. The first-order chi connectivity index (χ1) is 8.50. The number of primary amides is 1. The Bertz CT molecular complexity index is 511. The first kappa shape index (κ1) is 12.6. The highest BCUT2D eigenvalue weighted by molar-refractivity contribution is 7.12. The fraction of sp³-hybridized carbons (Fsp3) is 0.364. The van der Waals surface area contributed by atoms with Crippen molar-refractivity contribution in [1.82, 2.24) is 4.90 Å². The van der Waals surface area contributed by atoms with E-state index in [2.05, 4.69) is 0 Å². The minimum atomic E-state index is -0.993. The van der Waals surface area contributed by atoms with Crippen LogP contribution in [0.25, 0.3) is 0 Å². The first-order valence-electron chi connectivity index (χ1n) is 5.43. The zero-order chi connectivity index (χ0) is 13.3. The summed E-state index contributed by atoms with van der Waals surface area (Å²) in [5.74, 6) is -1.94. The Labute approximate surface area is 107 Å². The van der Waals surface area contributed by atoms with Crippen molar-refractivity contribution in [3.63, 3.8) is 0 Å². The average molecular weight is 268 g/mol. The van der Waals surface area contributed by atoms with E-state index < -0.39 is 17.9 Å². The number of carbonyl (C=O) groups excluding carboxylic acids is 2. The maximum Gasteiger partial charge on any atom is 0.326 e. The Hall–Kier alpha value is -1.89. The summed E-state index contributed by atoms with van der Waals surface area (Å²) >= 11 is 1.10. The molecule has 7 heteroatoms. The maximum atomic E-state index is 12.1. The number of likely N-dealkylation sites (tertiary alicyclic amines) is 1. The molecule has 1 fully saturated rings. The summed E-state index contributed by atoms with van der Waals surface area (Å²) in [6, 6.07) is 0.642. The zero-order valence-electron chi connectivity index (χ0n) is 9.46. The van der Waals surface area contributed by atoms with Gasteiger partial charge in [0.15, 0.2) is 0 Å². The normalized spacial score (nSPS) is 18.9. The number of nitrogens with two attached hydrogens (primary N) is 1. The Morgan fingerprint density at radius 1 is 1.44 bits per heavy atom. The van der Waals surface area contributed by atoms with Crippen LogP contribution in [0.1, 0.15) is 32.9 Å². The van der Waals surface area contributed by atoms with Crippen LogP contribution in [-0.4, -0.2) is 40.4 Å². The molecule has 2 rings (SSSR count). The van der Waals surface area contributed by atoms with Crippen LogP contribution in [0.3, 0.4) is 0 Å². The molecule has 96 valence electrons. The molecule has 1 aromatic heterocycles.